The van der Waals surface area contributed by atoms with E-state index in [0.717, 1.165) is 70.3 Å². The molecule has 4 N–H and O–H groups in total. The number of hydrogen-bond acceptors (Lipinski definition) is 7. The van der Waals surface area contributed by atoms with Crippen molar-refractivity contribution in [3.05, 3.63) is 23.8 Å². The van der Waals surface area contributed by atoms with Gasteiger partial charge in [0.1, 0.15) is 12.2 Å². The van der Waals surface area contributed by atoms with Gasteiger partial charge in [-0.15, -0.1) is 0 Å². The lowest BCUT2D eigenvalue weighted by Crippen LogP contribution is -2.69. The summed E-state index contributed by atoms with van der Waals surface area (Å²) in [5, 5.41) is 19.8. The van der Waals surface area contributed by atoms with Crippen molar-refractivity contribution in [3.8, 4) is 0 Å². The van der Waals surface area contributed by atoms with Gasteiger partial charge in [-0.3, -0.25) is 4.79 Å². The molecule has 0 amide bonds. The van der Waals surface area contributed by atoms with Crippen LogP contribution in [0.15, 0.2) is 18.0 Å². The van der Waals surface area contributed by atoms with Crippen LogP contribution in [0.2, 0.25) is 0 Å². The van der Waals surface area contributed by atoms with Gasteiger partial charge in [0.15, 0.2) is 0 Å². The summed E-state index contributed by atoms with van der Waals surface area (Å²) in [5.41, 5.74) is 6.75. The van der Waals surface area contributed by atoms with Crippen LogP contribution < -0.4 is 11.1 Å². The minimum atomic E-state index is -0.609. The summed E-state index contributed by atoms with van der Waals surface area (Å²) in [6.07, 6.45) is 12.2. The molecule has 1 aromatic heterocycles. The molecule has 3 heterocycles. The quantitative estimate of drug-likeness (QED) is 0.230. The molecular formula is C44H73N5O4. The molecule has 6 aliphatic rings. The average molecular weight is 736 g/mol. The molecule has 0 radical (unpaired) electrons. The maximum absolute atomic E-state index is 13.6. The summed E-state index contributed by atoms with van der Waals surface area (Å²) in [5.74, 6) is 1.88. The van der Waals surface area contributed by atoms with Crippen LogP contribution in [0.4, 0.5) is 0 Å². The number of ether oxygens (including phenoxy) is 2. The third-order valence-electron chi connectivity index (χ3n) is 18.0. The highest BCUT2D eigenvalue weighted by atomic mass is 16.5. The second kappa shape index (κ2) is 13.1. The number of carboxylic acid groups (broad SMARTS) is 1. The van der Waals surface area contributed by atoms with Crippen LogP contribution in [0.1, 0.15) is 145 Å². The molecule has 298 valence electrons. The normalized spacial score (nSPS) is 43.6. The van der Waals surface area contributed by atoms with Crippen LogP contribution in [0.25, 0.3) is 0 Å². The molecule has 1 unspecified atom stereocenters. The number of hydrogen-bond donors (Lipinski definition) is 3. The molecule has 2 saturated heterocycles. The molecule has 3 saturated carbocycles. The highest BCUT2D eigenvalue weighted by Crippen LogP contribution is 2.75. The van der Waals surface area contributed by atoms with Crippen LogP contribution >= 0.6 is 0 Å². The topological polar surface area (TPSA) is 125 Å². The van der Waals surface area contributed by atoms with Gasteiger partial charge >= 0.3 is 5.97 Å². The van der Waals surface area contributed by atoms with Crippen molar-refractivity contribution in [1.82, 2.24) is 20.1 Å². The fraction of sp³-hybridized carbons (Fsp3) is 0.886. The Morgan fingerprint density at radius 3 is 2.40 bits per heavy atom. The Balaban J connectivity index is 1.33. The van der Waals surface area contributed by atoms with Crippen molar-refractivity contribution in [2.45, 2.75) is 151 Å². The van der Waals surface area contributed by atoms with E-state index >= 15 is 0 Å². The summed E-state index contributed by atoms with van der Waals surface area (Å²) >= 11 is 0. The number of nitrogens with two attached hydrogens (primary N) is 1. The first-order valence-electron chi connectivity index (χ1n) is 21.2. The zero-order valence-electron chi connectivity index (χ0n) is 35.1. The lowest BCUT2D eigenvalue weighted by molar-refractivity contribution is -0.253. The van der Waals surface area contributed by atoms with Crippen LogP contribution in [0.5, 0.6) is 0 Å². The van der Waals surface area contributed by atoms with Gasteiger partial charge in [-0.1, -0.05) is 80.9 Å². The van der Waals surface area contributed by atoms with Crippen molar-refractivity contribution >= 4 is 5.97 Å². The van der Waals surface area contributed by atoms with Gasteiger partial charge in [-0.25, -0.2) is 9.67 Å². The molecule has 9 heteroatoms. The smallest absolute Gasteiger partial charge is 0.307 e. The third kappa shape index (κ3) is 5.68. The number of carbonyl (C=O) groups is 1. The highest BCUT2D eigenvalue weighted by molar-refractivity contribution is 5.73. The minimum absolute atomic E-state index is 0.0163. The Bertz CT molecular complexity index is 1570. The summed E-state index contributed by atoms with van der Waals surface area (Å²) < 4.78 is 16.4. The molecule has 4 aliphatic carbocycles. The largest absolute Gasteiger partial charge is 0.481 e. The van der Waals surface area contributed by atoms with Crippen LogP contribution in [0, 0.1) is 62.1 Å². The highest BCUT2D eigenvalue weighted by Gasteiger charge is 2.72. The van der Waals surface area contributed by atoms with E-state index in [1.807, 2.05) is 0 Å². The van der Waals surface area contributed by atoms with E-state index in [2.05, 4.69) is 92.2 Å². The van der Waals surface area contributed by atoms with E-state index in [4.69, 9.17) is 25.3 Å². The molecule has 12 atom stereocenters. The van der Waals surface area contributed by atoms with Gasteiger partial charge in [0.05, 0.1) is 37.9 Å². The van der Waals surface area contributed by atoms with Crippen molar-refractivity contribution in [2.24, 2.45) is 67.8 Å². The first kappa shape index (κ1) is 39.4. The summed E-state index contributed by atoms with van der Waals surface area (Å²) in [7, 11) is 0. The molecule has 2 bridgehead atoms. The predicted octanol–water partition coefficient (Wildman–Crippen LogP) is 8.02. The molecular weight excluding hydrogens is 663 g/mol. The first-order valence-corrected chi connectivity index (χ1v) is 21.2. The number of aliphatic carboxylic acids is 1. The van der Waals surface area contributed by atoms with Gasteiger partial charge in [0, 0.05) is 22.3 Å². The summed E-state index contributed by atoms with van der Waals surface area (Å²) in [4.78, 5) is 18.6. The van der Waals surface area contributed by atoms with Crippen molar-refractivity contribution < 1.29 is 19.4 Å². The number of piperidine rings is 1. The Morgan fingerprint density at radius 1 is 1.06 bits per heavy atom. The van der Waals surface area contributed by atoms with Gasteiger partial charge in [0.2, 0.25) is 0 Å². The number of nitrogens with one attached hydrogen (secondary N) is 1. The molecule has 0 spiro atoms. The monoisotopic (exact) mass is 736 g/mol. The molecule has 1 aromatic rings. The SMILES string of the molecule is CC(C)[C@@H](C)[C@@]1(C)CC[C@]2(C)[C@H]3CC[C@H]4C5(C)COC[C@@]4(C[C@@H](n4ncnc4C4CCNCC4)[C@@H]5OC[C@](C)(N)C(C)(C)C)C3=CC[C@@]2(C)[C@@H]1C(=O)O. The van der Waals surface area contributed by atoms with Crippen molar-refractivity contribution in [2.75, 3.05) is 32.9 Å². The van der Waals surface area contributed by atoms with Crippen molar-refractivity contribution in [1.29, 1.82) is 0 Å². The van der Waals surface area contributed by atoms with Crippen LogP contribution in [0.3, 0.4) is 0 Å². The molecule has 0 aromatic carbocycles. The van der Waals surface area contributed by atoms with Gasteiger partial charge < -0.3 is 25.6 Å². The molecule has 7 rings (SSSR count). The maximum Gasteiger partial charge on any atom is 0.307 e. The lowest BCUT2D eigenvalue weighted by atomic mass is 9.34. The number of allylic oxidation sites excluding steroid dienone is 1. The lowest BCUT2D eigenvalue weighted by Gasteiger charge is -2.71. The first-order chi connectivity index (χ1) is 24.7. The van der Waals surface area contributed by atoms with Gasteiger partial charge in [-0.05, 0) is 117 Å². The molecule has 9 nitrogen and oxygen atoms in total. The fourth-order valence-electron chi connectivity index (χ4n) is 13.5. The van der Waals surface area contributed by atoms with E-state index in [1.165, 1.54) is 0 Å². The summed E-state index contributed by atoms with van der Waals surface area (Å²) in [6, 6.07) is -0.0163. The molecule has 53 heavy (non-hydrogen) atoms. The van der Waals surface area contributed by atoms with Gasteiger partial charge in [0.25, 0.3) is 0 Å². The van der Waals surface area contributed by atoms with E-state index in [-0.39, 0.29) is 44.6 Å². The number of carboxylic acids is 1. The third-order valence-corrected chi connectivity index (χ3v) is 18.0. The number of fused-ring (bicyclic) bond motifs is 3. The van der Waals surface area contributed by atoms with Crippen molar-refractivity contribution in [3.63, 3.8) is 0 Å². The van der Waals surface area contributed by atoms with Crippen LogP contribution in [-0.2, 0) is 14.3 Å². The number of rotatable bonds is 8. The van der Waals surface area contributed by atoms with E-state index < -0.39 is 17.4 Å². The Labute approximate surface area is 320 Å². The zero-order valence-corrected chi connectivity index (χ0v) is 35.1. The standard InChI is InChI=1S/C44H73N5O4/c1-27(2)28(3)39(7)18-19-41(9)30-12-13-33-40(8)23-52-25-44(33,31(30)14-17-42(41,10)34(39)37(50)51)22-32(35(40)53-24-43(11,45)38(4,5)6)49-36(47-26-48-49)29-15-20-46-21-16-29/h14,26-30,32-35,46H,12-13,15-25,45H2,1-11H3,(H,50,51)/t28-,30+,32-,33+,34-,35+,39-,40?,41-,42+,43+,44+/m1/s1. The second-order valence-electron chi connectivity index (χ2n) is 21.6. The van der Waals surface area contributed by atoms with Crippen LogP contribution in [-0.4, -0.2) is 70.4 Å². The molecule has 2 aliphatic heterocycles. The second-order valence-corrected chi connectivity index (χ2v) is 21.6. The average Bonchev–Trinajstić information content (AvgIpc) is 3.57. The Hall–Kier alpha value is -1.81. The minimum Gasteiger partial charge on any atom is -0.481 e. The van der Waals surface area contributed by atoms with E-state index in [0.29, 0.717) is 49.4 Å². The zero-order chi connectivity index (χ0) is 38.6. The summed E-state index contributed by atoms with van der Waals surface area (Å²) in [6.45, 7) is 28.9. The van der Waals surface area contributed by atoms with E-state index in [1.54, 1.807) is 11.9 Å². The Kier molecular flexibility index (Phi) is 9.76. The van der Waals surface area contributed by atoms with E-state index in [9.17, 15) is 9.90 Å². The predicted molar refractivity (Wildman–Crippen MR) is 209 cm³/mol. The molecule has 5 fully saturated rings. The number of nitrogens with zero attached hydrogens (tertiary/aromatic N) is 3. The number of aromatic nitrogens is 3. The maximum atomic E-state index is 13.6. The Morgan fingerprint density at radius 2 is 1.75 bits per heavy atom. The fourth-order valence-corrected chi connectivity index (χ4v) is 13.5. The van der Waals surface area contributed by atoms with Gasteiger partial charge in [-0.2, -0.15) is 5.10 Å².